The van der Waals surface area contributed by atoms with Gasteiger partial charge in [0.25, 0.3) is 0 Å². The van der Waals surface area contributed by atoms with E-state index in [0.29, 0.717) is 0 Å². The maximum absolute atomic E-state index is 5.67. The van der Waals surface area contributed by atoms with Crippen molar-refractivity contribution in [3.63, 3.8) is 0 Å². The first-order valence-corrected chi connectivity index (χ1v) is 7.49. The van der Waals surface area contributed by atoms with Gasteiger partial charge in [-0.2, -0.15) is 0 Å². The number of nitrogens with two attached hydrogens (primary N) is 2. The minimum absolute atomic E-state index is 0.797. The Labute approximate surface area is 132 Å². The SMILES string of the molecule is C=C(NCCc1ccc(N)cc1)NCCc1ccc(N)cc1. The Morgan fingerprint density at radius 1 is 0.727 bits per heavy atom. The molecule has 6 N–H and O–H groups in total. The van der Waals surface area contributed by atoms with Crippen LogP contribution in [0.3, 0.4) is 0 Å². The fourth-order valence-electron chi connectivity index (χ4n) is 2.15. The molecule has 0 amide bonds. The van der Waals surface area contributed by atoms with Gasteiger partial charge in [-0.15, -0.1) is 0 Å². The van der Waals surface area contributed by atoms with E-state index < -0.39 is 0 Å². The Kier molecular flexibility index (Phi) is 5.72. The quantitative estimate of drug-likeness (QED) is 0.564. The molecular formula is C18H24N4. The van der Waals surface area contributed by atoms with E-state index in [1.165, 1.54) is 11.1 Å². The van der Waals surface area contributed by atoms with E-state index in [2.05, 4.69) is 17.2 Å². The topological polar surface area (TPSA) is 76.1 Å². The van der Waals surface area contributed by atoms with E-state index in [4.69, 9.17) is 11.5 Å². The van der Waals surface area contributed by atoms with Crippen molar-refractivity contribution in [2.45, 2.75) is 12.8 Å². The monoisotopic (exact) mass is 296 g/mol. The molecule has 0 fully saturated rings. The summed E-state index contributed by atoms with van der Waals surface area (Å²) in [5.74, 6) is 0.853. The van der Waals surface area contributed by atoms with Gasteiger partial charge in [0.1, 0.15) is 0 Å². The van der Waals surface area contributed by atoms with Crippen molar-refractivity contribution in [3.8, 4) is 0 Å². The molecule has 0 unspecified atom stereocenters. The lowest BCUT2D eigenvalue weighted by Crippen LogP contribution is -2.28. The molecule has 2 rings (SSSR count). The minimum Gasteiger partial charge on any atom is -0.399 e. The summed E-state index contributed by atoms with van der Waals surface area (Å²) in [6, 6.07) is 15.9. The molecule has 0 aliphatic heterocycles. The predicted molar refractivity (Wildman–Crippen MR) is 94.3 cm³/mol. The lowest BCUT2D eigenvalue weighted by Gasteiger charge is -2.12. The van der Waals surface area contributed by atoms with Gasteiger partial charge in [-0.05, 0) is 48.2 Å². The Balaban J connectivity index is 1.61. The van der Waals surface area contributed by atoms with E-state index in [1.54, 1.807) is 0 Å². The van der Waals surface area contributed by atoms with Crippen molar-refractivity contribution >= 4 is 11.4 Å². The second-order valence-electron chi connectivity index (χ2n) is 5.32. The Morgan fingerprint density at radius 3 is 1.45 bits per heavy atom. The summed E-state index contributed by atoms with van der Waals surface area (Å²) in [6.45, 7) is 5.67. The zero-order valence-corrected chi connectivity index (χ0v) is 12.8. The first kappa shape index (κ1) is 15.8. The van der Waals surface area contributed by atoms with E-state index in [9.17, 15) is 0 Å². The summed E-state index contributed by atoms with van der Waals surface area (Å²) in [5, 5.41) is 6.57. The Morgan fingerprint density at radius 2 is 1.09 bits per heavy atom. The van der Waals surface area contributed by atoms with Gasteiger partial charge in [-0.3, -0.25) is 0 Å². The molecule has 0 saturated carbocycles. The highest BCUT2D eigenvalue weighted by molar-refractivity contribution is 5.40. The zero-order chi connectivity index (χ0) is 15.8. The van der Waals surface area contributed by atoms with Crippen LogP contribution in [0.4, 0.5) is 11.4 Å². The highest BCUT2D eigenvalue weighted by Crippen LogP contribution is 2.06. The van der Waals surface area contributed by atoms with Gasteiger partial charge in [-0.1, -0.05) is 30.8 Å². The number of hydrogen-bond donors (Lipinski definition) is 4. The summed E-state index contributed by atoms with van der Waals surface area (Å²) in [5.41, 5.74) is 15.5. The third kappa shape index (κ3) is 5.40. The van der Waals surface area contributed by atoms with Crippen LogP contribution in [0.25, 0.3) is 0 Å². The molecule has 0 saturated heterocycles. The lowest BCUT2D eigenvalue weighted by molar-refractivity contribution is 0.679. The third-order valence-corrected chi connectivity index (χ3v) is 3.46. The van der Waals surface area contributed by atoms with Crippen molar-refractivity contribution < 1.29 is 0 Å². The lowest BCUT2D eigenvalue weighted by atomic mass is 10.1. The second-order valence-corrected chi connectivity index (χ2v) is 5.32. The van der Waals surface area contributed by atoms with Crippen molar-refractivity contribution in [1.82, 2.24) is 10.6 Å². The molecule has 2 aromatic rings. The number of hydrogen-bond acceptors (Lipinski definition) is 4. The van der Waals surface area contributed by atoms with Crippen molar-refractivity contribution in [1.29, 1.82) is 0 Å². The Bertz CT molecular complexity index is 534. The molecule has 0 spiro atoms. The predicted octanol–water partition coefficient (Wildman–Crippen LogP) is 2.29. The molecule has 0 radical (unpaired) electrons. The molecule has 2 aromatic carbocycles. The average Bonchev–Trinajstić information content (AvgIpc) is 2.51. The van der Waals surface area contributed by atoms with Crippen LogP contribution in [0.5, 0.6) is 0 Å². The highest BCUT2D eigenvalue weighted by atomic mass is 15.1. The Hall–Kier alpha value is -2.62. The van der Waals surface area contributed by atoms with Crippen LogP contribution in [-0.2, 0) is 12.8 Å². The van der Waals surface area contributed by atoms with Crippen LogP contribution in [0.1, 0.15) is 11.1 Å². The maximum atomic E-state index is 5.67. The standard InChI is InChI=1S/C18H24N4/c1-14(21-12-10-15-2-6-17(19)7-3-15)22-13-11-16-4-8-18(20)9-5-16/h2-9,21-22H,1,10-13,19-20H2. The molecule has 22 heavy (non-hydrogen) atoms. The highest BCUT2D eigenvalue weighted by Gasteiger charge is 1.96. The number of nitrogens with one attached hydrogen (secondary N) is 2. The smallest absolute Gasteiger partial charge is 0.0912 e. The van der Waals surface area contributed by atoms with Crippen LogP contribution in [-0.4, -0.2) is 13.1 Å². The zero-order valence-electron chi connectivity index (χ0n) is 12.8. The molecule has 0 aliphatic carbocycles. The van der Waals surface area contributed by atoms with Crippen LogP contribution in [0, 0.1) is 0 Å². The summed E-state index contributed by atoms with van der Waals surface area (Å²) >= 11 is 0. The first-order valence-electron chi connectivity index (χ1n) is 7.49. The fourth-order valence-corrected chi connectivity index (χ4v) is 2.15. The van der Waals surface area contributed by atoms with E-state index in [-0.39, 0.29) is 0 Å². The van der Waals surface area contributed by atoms with Gasteiger partial charge >= 0.3 is 0 Å². The summed E-state index contributed by atoms with van der Waals surface area (Å²) in [7, 11) is 0. The first-order chi connectivity index (χ1) is 10.6. The minimum atomic E-state index is 0.797. The number of benzene rings is 2. The molecule has 0 heterocycles. The van der Waals surface area contributed by atoms with Crippen molar-refractivity contribution in [2.24, 2.45) is 0 Å². The summed E-state index contributed by atoms with van der Waals surface area (Å²) in [4.78, 5) is 0. The van der Waals surface area contributed by atoms with Crippen LogP contribution >= 0.6 is 0 Å². The molecule has 0 atom stereocenters. The molecule has 116 valence electrons. The number of nitrogen functional groups attached to an aromatic ring is 2. The second kappa shape index (κ2) is 7.98. The number of anilines is 2. The van der Waals surface area contributed by atoms with Gasteiger partial charge in [0, 0.05) is 24.5 Å². The molecule has 0 aliphatic rings. The van der Waals surface area contributed by atoms with Crippen LogP contribution in [0.15, 0.2) is 60.9 Å². The maximum Gasteiger partial charge on any atom is 0.0912 e. The third-order valence-electron chi connectivity index (χ3n) is 3.46. The van der Waals surface area contributed by atoms with Gasteiger partial charge in [-0.25, -0.2) is 0 Å². The fraction of sp³-hybridized carbons (Fsp3) is 0.222. The van der Waals surface area contributed by atoms with Gasteiger partial charge in [0.05, 0.1) is 5.82 Å². The average molecular weight is 296 g/mol. The molecule has 4 heteroatoms. The van der Waals surface area contributed by atoms with Gasteiger partial charge in [0.2, 0.25) is 0 Å². The van der Waals surface area contributed by atoms with Gasteiger partial charge < -0.3 is 22.1 Å². The van der Waals surface area contributed by atoms with Crippen LogP contribution < -0.4 is 22.1 Å². The molecular weight excluding hydrogens is 272 g/mol. The van der Waals surface area contributed by atoms with Crippen molar-refractivity contribution in [2.75, 3.05) is 24.6 Å². The molecule has 0 bridgehead atoms. The summed E-state index contributed by atoms with van der Waals surface area (Å²) in [6.07, 6.45) is 1.89. The van der Waals surface area contributed by atoms with E-state index in [1.807, 2.05) is 48.5 Å². The molecule has 4 nitrogen and oxygen atoms in total. The molecule has 0 aromatic heterocycles. The number of rotatable bonds is 8. The van der Waals surface area contributed by atoms with Crippen molar-refractivity contribution in [3.05, 3.63) is 72.1 Å². The largest absolute Gasteiger partial charge is 0.399 e. The summed E-state index contributed by atoms with van der Waals surface area (Å²) < 4.78 is 0. The van der Waals surface area contributed by atoms with Crippen LogP contribution in [0.2, 0.25) is 0 Å². The van der Waals surface area contributed by atoms with E-state index in [0.717, 1.165) is 43.1 Å². The van der Waals surface area contributed by atoms with Gasteiger partial charge in [0.15, 0.2) is 0 Å². The normalized spacial score (nSPS) is 10.2. The van der Waals surface area contributed by atoms with E-state index >= 15 is 0 Å².